The minimum Gasteiger partial charge on any atom is -0.480 e. The molecule has 2 N–H and O–H groups in total. The summed E-state index contributed by atoms with van der Waals surface area (Å²) in [5, 5.41) is 16.9. The molecule has 0 aromatic carbocycles. The quantitative estimate of drug-likeness (QED) is 0.469. The lowest BCUT2D eigenvalue weighted by molar-refractivity contribution is -0.144. The molecule has 69 valence electrons. The fourth-order valence-corrected chi connectivity index (χ4v) is 0.857. The molecule has 0 aromatic rings. The number of hydrogen-bond donors (Lipinski definition) is 2. The maximum Gasteiger partial charge on any atom is 0.322 e. The van der Waals surface area contributed by atoms with Crippen LogP contribution in [0, 0.1) is 5.92 Å². The number of hydrogen-bond acceptors (Lipinski definition) is 2. The first-order chi connectivity index (χ1) is 5.59. The van der Waals surface area contributed by atoms with E-state index in [1.54, 1.807) is 0 Å². The van der Waals surface area contributed by atoms with Crippen molar-refractivity contribution in [2.75, 3.05) is 0 Å². The smallest absolute Gasteiger partial charge is 0.322 e. The summed E-state index contributed by atoms with van der Waals surface area (Å²) in [6.07, 6.45) is 2.60. The van der Waals surface area contributed by atoms with Crippen molar-refractivity contribution in [1.29, 1.82) is 0 Å². The standard InChI is InChI=1S/C8H13O4/c1-2-3-4-5-6(7(9)10)8(11)12/h2-5H2,1H3,(H,9,10)(H,11,12). The van der Waals surface area contributed by atoms with E-state index in [0.29, 0.717) is 6.42 Å². The first-order valence-corrected chi connectivity index (χ1v) is 3.92. The van der Waals surface area contributed by atoms with Gasteiger partial charge < -0.3 is 10.2 Å². The Balaban J connectivity index is 3.80. The van der Waals surface area contributed by atoms with E-state index < -0.39 is 17.9 Å². The second kappa shape index (κ2) is 5.57. The van der Waals surface area contributed by atoms with Crippen molar-refractivity contribution in [2.45, 2.75) is 32.6 Å². The van der Waals surface area contributed by atoms with Crippen LogP contribution in [-0.4, -0.2) is 22.2 Å². The summed E-state index contributed by atoms with van der Waals surface area (Å²) in [5.41, 5.74) is 0. The van der Waals surface area contributed by atoms with Crippen LogP contribution >= 0.6 is 0 Å². The van der Waals surface area contributed by atoms with E-state index in [2.05, 4.69) is 0 Å². The number of carbonyl (C=O) groups is 2. The van der Waals surface area contributed by atoms with Gasteiger partial charge in [-0.05, 0) is 6.42 Å². The van der Waals surface area contributed by atoms with Gasteiger partial charge in [0.15, 0.2) is 5.92 Å². The number of carboxylic acids is 2. The fourth-order valence-electron chi connectivity index (χ4n) is 0.857. The average Bonchev–Trinajstić information content (AvgIpc) is 1.96. The molecule has 0 atom stereocenters. The molecule has 0 heterocycles. The Morgan fingerprint density at radius 3 is 1.92 bits per heavy atom. The molecule has 1 radical (unpaired) electrons. The second-order valence-corrected chi connectivity index (χ2v) is 2.55. The molecule has 0 saturated carbocycles. The van der Waals surface area contributed by atoms with Crippen molar-refractivity contribution in [2.24, 2.45) is 0 Å². The zero-order valence-corrected chi connectivity index (χ0v) is 7.04. The SMILES string of the molecule is CCCCC[C](C(=O)O)C(=O)O. The maximum absolute atomic E-state index is 10.3. The van der Waals surface area contributed by atoms with Crippen LogP contribution in [0.15, 0.2) is 0 Å². The van der Waals surface area contributed by atoms with E-state index in [9.17, 15) is 9.59 Å². The van der Waals surface area contributed by atoms with Crippen molar-refractivity contribution >= 4 is 11.9 Å². The highest BCUT2D eigenvalue weighted by atomic mass is 16.4. The highest BCUT2D eigenvalue weighted by Gasteiger charge is 2.25. The Morgan fingerprint density at radius 1 is 1.08 bits per heavy atom. The molecular formula is C8H13O4. The third-order valence-corrected chi connectivity index (χ3v) is 1.55. The predicted molar refractivity (Wildman–Crippen MR) is 42.7 cm³/mol. The molecule has 0 aliphatic rings. The third kappa shape index (κ3) is 3.95. The lowest BCUT2D eigenvalue weighted by Crippen LogP contribution is -2.20. The zero-order valence-electron chi connectivity index (χ0n) is 7.04. The molecule has 0 aromatic heterocycles. The summed E-state index contributed by atoms with van der Waals surface area (Å²) in [5.74, 6) is -3.05. The first-order valence-electron chi connectivity index (χ1n) is 3.92. The molecule has 4 nitrogen and oxygen atoms in total. The Labute approximate surface area is 71.2 Å². The molecule has 0 rings (SSSR count). The van der Waals surface area contributed by atoms with Crippen LogP contribution < -0.4 is 0 Å². The molecule has 0 aliphatic carbocycles. The summed E-state index contributed by atoms with van der Waals surface area (Å²) >= 11 is 0. The van der Waals surface area contributed by atoms with E-state index in [1.807, 2.05) is 6.92 Å². The van der Waals surface area contributed by atoms with Crippen LogP contribution in [0.5, 0.6) is 0 Å². The van der Waals surface area contributed by atoms with Crippen molar-refractivity contribution in [1.82, 2.24) is 0 Å². The Hall–Kier alpha value is -1.06. The molecule has 0 spiro atoms. The molecular weight excluding hydrogens is 160 g/mol. The topological polar surface area (TPSA) is 74.6 Å². The van der Waals surface area contributed by atoms with Gasteiger partial charge in [-0.3, -0.25) is 9.59 Å². The van der Waals surface area contributed by atoms with Crippen LogP contribution in [0.3, 0.4) is 0 Å². The van der Waals surface area contributed by atoms with Crippen LogP contribution in [0.4, 0.5) is 0 Å². The summed E-state index contributed by atoms with van der Waals surface area (Å²) in [4.78, 5) is 20.6. The van der Waals surface area contributed by atoms with Gasteiger partial charge in [-0.1, -0.05) is 26.2 Å². The Morgan fingerprint density at radius 2 is 1.58 bits per heavy atom. The highest BCUT2D eigenvalue weighted by molar-refractivity contribution is 6.07. The van der Waals surface area contributed by atoms with Crippen LogP contribution in [0.25, 0.3) is 0 Å². The summed E-state index contributed by atoms with van der Waals surface area (Å²) in [6.45, 7) is 1.97. The van der Waals surface area contributed by atoms with Gasteiger partial charge in [0.05, 0.1) is 0 Å². The number of rotatable bonds is 6. The molecule has 0 fully saturated rings. The van der Waals surface area contributed by atoms with Gasteiger partial charge in [-0.25, -0.2) is 0 Å². The fraction of sp³-hybridized carbons (Fsp3) is 0.625. The minimum absolute atomic E-state index is 0.151. The van der Waals surface area contributed by atoms with Crippen LogP contribution in [0.2, 0.25) is 0 Å². The van der Waals surface area contributed by atoms with Gasteiger partial charge in [-0.15, -0.1) is 0 Å². The van der Waals surface area contributed by atoms with Crippen molar-refractivity contribution in [3.05, 3.63) is 5.92 Å². The number of unbranched alkanes of at least 4 members (excludes halogenated alkanes) is 2. The van der Waals surface area contributed by atoms with E-state index in [0.717, 1.165) is 12.8 Å². The van der Waals surface area contributed by atoms with E-state index in [4.69, 9.17) is 10.2 Å². The average molecular weight is 173 g/mol. The van der Waals surface area contributed by atoms with E-state index >= 15 is 0 Å². The van der Waals surface area contributed by atoms with Crippen LogP contribution in [0.1, 0.15) is 32.6 Å². The number of aliphatic carboxylic acids is 2. The Bertz CT molecular complexity index is 150. The van der Waals surface area contributed by atoms with Crippen molar-refractivity contribution in [3.8, 4) is 0 Å². The largest absolute Gasteiger partial charge is 0.480 e. The molecule has 0 saturated heterocycles. The van der Waals surface area contributed by atoms with Gasteiger partial charge in [-0.2, -0.15) is 0 Å². The third-order valence-electron chi connectivity index (χ3n) is 1.55. The molecule has 0 aliphatic heterocycles. The first kappa shape index (κ1) is 10.9. The second-order valence-electron chi connectivity index (χ2n) is 2.55. The van der Waals surface area contributed by atoms with Crippen molar-refractivity contribution < 1.29 is 19.8 Å². The van der Waals surface area contributed by atoms with E-state index in [1.165, 1.54) is 0 Å². The lowest BCUT2D eigenvalue weighted by atomic mass is 10.0. The monoisotopic (exact) mass is 173 g/mol. The van der Waals surface area contributed by atoms with Gasteiger partial charge in [0, 0.05) is 0 Å². The normalized spacial score (nSPS) is 10.2. The highest BCUT2D eigenvalue weighted by Crippen LogP contribution is 2.12. The number of carboxylic acid groups (broad SMARTS) is 2. The molecule has 12 heavy (non-hydrogen) atoms. The Kier molecular flexibility index (Phi) is 5.08. The summed E-state index contributed by atoms with van der Waals surface area (Å²) in [6, 6.07) is 0. The molecule has 0 unspecified atom stereocenters. The maximum atomic E-state index is 10.3. The summed E-state index contributed by atoms with van der Waals surface area (Å²) < 4.78 is 0. The van der Waals surface area contributed by atoms with Gasteiger partial charge in [0.1, 0.15) is 0 Å². The van der Waals surface area contributed by atoms with Gasteiger partial charge in [0.25, 0.3) is 0 Å². The van der Waals surface area contributed by atoms with Gasteiger partial charge in [0.2, 0.25) is 0 Å². The molecule has 4 heteroatoms. The van der Waals surface area contributed by atoms with Gasteiger partial charge >= 0.3 is 11.9 Å². The molecule has 0 amide bonds. The predicted octanol–water partition coefficient (Wildman–Crippen LogP) is 1.31. The van der Waals surface area contributed by atoms with Crippen molar-refractivity contribution in [3.63, 3.8) is 0 Å². The zero-order chi connectivity index (χ0) is 9.56. The molecule has 0 bridgehead atoms. The van der Waals surface area contributed by atoms with Crippen LogP contribution in [-0.2, 0) is 9.59 Å². The minimum atomic E-state index is -1.32. The van der Waals surface area contributed by atoms with E-state index in [-0.39, 0.29) is 6.42 Å². The lowest BCUT2D eigenvalue weighted by Gasteiger charge is -2.04. The summed E-state index contributed by atoms with van der Waals surface area (Å²) in [7, 11) is 0.